The Hall–Kier alpha value is -1.45. The van der Waals surface area contributed by atoms with Crippen molar-refractivity contribution in [2.75, 3.05) is 6.61 Å². The second kappa shape index (κ2) is 8.03. The lowest BCUT2D eigenvalue weighted by atomic mass is 9.51. The smallest absolute Gasteiger partial charge is 0.0691 e. The molecule has 5 aliphatic rings. The standard InChI is InChI=1S/C31H43NO2/c1-29(2)14-15-31(34-19-29)13-12-23-22(16-31)8-9-24-26-10-11-27(33)30(26,3)17-25(28(23)24)21-6-4-20(18-32)5-7-21/h4-7,18,22,24-27,32-33H,8-17,19H2,1-3H3. The van der Waals surface area contributed by atoms with Gasteiger partial charge in [-0.3, -0.25) is 0 Å². The van der Waals surface area contributed by atoms with Crippen LogP contribution >= 0.6 is 0 Å². The molecular formula is C31H43NO2. The maximum Gasteiger partial charge on any atom is 0.0691 e. The van der Waals surface area contributed by atoms with Crippen molar-refractivity contribution in [3.05, 3.63) is 46.5 Å². The number of allylic oxidation sites excluding steroid dienone is 2. The van der Waals surface area contributed by atoms with E-state index >= 15 is 0 Å². The molecule has 4 fully saturated rings. The van der Waals surface area contributed by atoms with Gasteiger partial charge >= 0.3 is 0 Å². The van der Waals surface area contributed by atoms with Gasteiger partial charge in [-0.1, -0.05) is 56.2 Å². The van der Waals surface area contributed by atoms with Crippen LogP contribution in [-0.2, 0) is 4.74 Å². The highest BCUT2D eigenvalue weighted by molar-refractivity contribution is 5.76. The van der Waals surface area contributed by atoms with Gasteiger partial charge in [0.2, 0.25) is 0 Å². The van der Waals surface area contributed by atoms with E-state index in [9.17, 15) is 5.11 Å². The van der Waals surface area contributed by atoms with Gasteiger partial charge in [0, 0.05) is 12.1 Å². The molecule has 0 aromatic heterocycles. The molecule has 1 spiro atoms. The highest BCUT2D eigenvalue weighted by Crippen LogP contribution is 2.65. The van der Waals surface area contributed by atoms with Gasteiger partial charge in [-0.05, 0) is 104 Å². The summed E-state index contributed by atoms with van der Waals surface area (Å²) in [4.78, 5) is 0. The van der Waals surface area contributed by atoms with Crippen molar-refractivity contribution < 1.29 is 9.84 Å². The van der Waals surface area contributed by atoms with Crippen LogP contribution in [0.3, 0.4) is 0 Å². The highest BCUT2D eigenvalue weighted by Gasteiger charge is 2.57. The van der Waals surface area contributed by atoms with E-state index in [1.165, 1.54) is 63.1 Å². The zero-order chi connectivity index (χ0) is 23.7. The van der Waals surface area contributed by atoms with Crippen molar-refractivity contribution in [2.24, 2.45) is 28.6 Å². The third-order valence-electron chi connectivity index (χ3n) is 11.0. The van der Waals surface area contributed by atoms with Crippen molar-refractivity contribution in [2.45, 2.75) is 103 Å². The van der Waals surface area contributed by atoms with Crippen LogP contribution in [0.5, 0.6) is 0 Å². The highest BCUT2D eigenvalue weighted by atomic mass is 16.5. The number of fused-ring (bicyclic) bond motifs is 4. The number of hydrogen-bond acceptors (Lipinski definition) is 3. The summed E-state index contributed by atoms with van der Waals surface area (Å²) in [5.41, 5.74) is 6.38. The summed E-state index contributed by atoms with van der Waals surface area (Å²) in [5, 5.41) is 18.7. The normalized spacial score (nSPS) is 43.2. The fourth-order valence-electron chi connectivity index (χ4n) is 8.85. The molecule has 6 rings (SSSR count). The average Bonchev–Trinajstić information content (AvgIpc) is 3.14. The first-order valence-electron chi connectivity index (χ1n) is 13.9. The van der Waals surface area contributed by atoms with Crippen molar-refractivity contribution >= 4 is 6.21 Å². The topological polar surface area (TPSA) is 53.3 Å². The van der Waals surface area contributed by atoms with E-state index in [-0.39, 0.29) is 17.1 Å². The fraction of sp³-hybridized carbons (Fsp3) is 0.710. The Bertz CT molecular complexity index is 981. The van der Waals surface area contributed by atoms with E-state index in [1.807, 2.05) is 0 Å². The molecule has 0 bridgehead atoms. The molecule has 3 saturated carbocycles. The van der Waals surface area contributed by atoms with Gasteiger partial charge in [0.25, 0.3) is 0 Å². The summed E-state index contributed by atoms with van der Waals surface area (Å²) < 4.78 is 6.67. The summed E-state index contributed by atoms with van der Waals surface area (Å²) >= 11 is 0. The summed E-state index contributed by atoms with van der Waals surface area (Å²) in [7, 11) is 0. The predicted molar refractivity (Wildman–Crippen MR) is 137 cm³/mol. The van der Waals surface area contributed by atoms with Crippen LogP contribution in [0.15, 0.2) is 35.4 Å². The zero-order valence-corrected chi connectivity index (χ0v) is 21.4. The van der Waals surface area contributed by atoms with Crippen molar-refractivity contribution in [3.8, 4) is 0 Å². The van der Waals surface area contributed by atoms with Crippen molar-refractivity contribution in [1.82, 2.24) is 0 Å². The monoisotopic (exact) mass is 461 g/mol. The first-order chi connectivity index (χ1) is 16.2. The molecule has 1 aromatic rings. The lowest BCUT2D eigenvalue weighted by Crippen LogP contribution is -2.49. The van der Waals surface area contributed by atoms with Gasteiger partial charge in [0.1, 0.15) is 0 Å². The molecule has 1 heterocycles. The molecule has 3 heteroatoms. The predicted octanol–water partition coefficient (Wildman–Crippen LogP) is 7.03. The molecule has 2 N–H and O–H groups in total. The molecule has 4 aliphatic carbocycles. The van der Waals surface area contributed by atoms with Gasteiger partial charge in [-0.15, -0.1) is 0 Å². The molecule has 7 unspecified atom stereocenters. The number of rotatable bonds is 2. The Kier molecular flexibility index (Phi) is 5.43. The maximum absolute atomic E-state index is 11.1. The number of hydrogen-bond donors (Lipinski definition) is 2. The van der Waals surface area contributed by atoms with Gasteiger partial charge in [-0.2, -0.15) is 0 Å². The quantitative estimate of drug-likeness (QED) is 0.367. The van der Waals surface area contributed by atoms with E-state index in [0.29, 0.717) is 29.1 Å². The van der Waals surface area contributed by atoms with E-state index in [1.54, 1.807) is 11.1 Å². The van der Waals surface area contributed by atoms with E-state index in [0.717, 1.165) is 25.0 Å². The summed E-state index contributed by atoms with van der Waals surface area (Å²) in [6.07, 6.45) is 13.2. The molecule has 1 aromatic carbocycles. The number of benzene rings is 1. The molecule has 34 heavy (non-hydrogen) atoms. The van der Waals surface area contributed by atoms with Gasteiger partial charge in [-0.25, -0.2) is 0 Å². The number of ether oxygens (including phenoxy) is 1. The van der Waals surface area contributed by atoms with Crippen LogP contribution in [0.4, 0.5) is 0 Å². The summed E-state index contributed by atoms with van der Waals surface area (Å²) in [6, 6.07) is 8.74. The third kappa shape index (κ3) is 3.56. The summed E-state index contributed by atoms with van der Waals surface area (Å²) in [6.45, 7) is 8.00. The van der Waals surface area contributed by atoms with Crippen LogP contribution in [0.25, 0.3) is 0 Å². The lowest BCUT2D eigenvalue weighted by molar-refractivity contribution is -0.144. The SMILES string of the molecule is CC1(C)CCC2(CCC3=C4C(c5ccc(C=N)cc5)CC5(C)C(O)CCC5C4CCC3C2)OC1. The number of aliphatic hydroxyl groups is 1. The van der Waals surface area contributed by atoms with Gasteiger partial charge < -0.3 is 15.3 Å². The van der Waals surface area contributed by atoms with Gasteiger partial charge in [0.05, 0.1) is 18.3 Å². The zero-order valence-electron chi connectivity index (χ0n) is 21.4. The average molecular weight is 462 g/mol. The van der Waals surface area contributed by atoms with Crippen LogP contribution < -0.4 is 0 Å². The summed E-state index contributed by atoms with van der Waals surface area (Å²) in [5.74, 6) is 2.36. The number of aliphatic hydroxyl groups excluding tert-OH is 1. The van der Waals surface area contributed by atoms with Crippen LogP contribution in [0, 0.1) is 34.0 Å². The molecule has 1 aliphatic heterocycles. The Morgan fingerprint density at radius 2 is 1.76 bits per heavy atom. The molecule has 184 valence electrons. The first kappa shape index (κ1) is 23.0. The Labute approximate surface area is 205 Å². The Balaban J connectivity index is 1.38. The first-order valence-corrected chi connectivity index (χ1v) is 13.9. The van der Waals surface area contributed by atoms with E-state index in [4.69, 9.17) is 10.1 Å². The van der Waals surface area contributed by atoms with Crippen LogP contribution in [-0.4, -0.2) is 29.6 Å². The van der Waals surface area contributed by atoms with E-state index < -0.39 is 0 Å². The second-order valence-corrected chi connectivity index (χ2v) is 13.5. The largest absolute Gasteiger partial charge is 0.393 e. The van der Waals surface area contributed by atoms with Crippen LogP contribution in [0.2, 0.25) is 0 Å². The fourth-order valence-corrected chi connectivity index (χ4v) is 8.85. The maximum atomic E-state index is 11.1. The number of nitrogens with one attached hydrogen (secondary N) is 1. The molecule has 3 nitrogen and oxygen atoms in total. The molecule has 0 amide bonds. The van der Waals surface area contributed by atoms with Crippen molar-refractivity contribution in [3.63, 3.8) is 0 Å². The van der Waals surface area contributed by atoms with Gasteiger partial charge in [0.15, 0.2) is 0 Å². The Morgan fingerprint density at radius 3 is 2.47 bits per heavy atom. The van der Waals surface area contributed by atoms with Crippen LogP contribution in [0.1, 0.15) is 102 Å². The van der Waals surface area contributed by atoms with Crippen molar-refractivity contribution in [1.29, 1.82) is 5.41 Å². The van der Waals surface area contributed by atoms with E-state index in [2.05, 4.69) is 45.0 Å². The Morgan fingerprint density at radius 1 is 0.971 bits per heavy atom. The third-order valence-corrected chi connectivity index (χ3v) is 11.0. The molecule has 0 radical (unpaired) electrons. The molecular weight excluding hydrogens is 418 g/mol. The lowest BCUT2D eigenvalue weighted by Gasteiger charge is -2.55. The minimum Gasteiger partial charge on any atom is -0.393 e. The minimum absolute atomic E-state index is 0.0282. The molecule has 1 saturated heterocycles. The molecule has 7 atom stereocenters. The second-order valence-electron chi connectivity index (χ2n) is 13.5. The minimum atomic E-state index is -0.168.